The van der Waals surface area contributed by atoms with Gasteiger partial charge in [0.15, 0.2) is 0 Å². The summed E-state index contributed by atoms with van der Waals surface area (Å²) in [6.07, 6.45) is 0. The largest absolute Gasteiger partial charge is 0.383 e. The number of nitrogens with two attached hydrogens (primary N) is 1. The second-order valence-electron chi connectivity index (χ2n) is 4.53. The lowest BCUT2D eigenvalue weighted by Crippen LogP contribution is -2.16. The highest BCUT2D eigenvalue weighted by Crippen LogP contribution is 2.28. The Morgan fingerprint density at radius 3 is 2.95 bits per heavy atom. The Balaban J connectivity index is 2.02. The van der Waals surface area contributed by atoms with Crippen LogP contribution in [0.5, 0.6) is 0 Å². The first-order valence-corrected chi connectivity index (χ1v) is 7.12. The molecular weight excluding hydrogens is 336 g/mol. The first kappa shape index (κ1) is 14.1. The molecule has 0 spiro atoms. The highest BCUT2D eigenvalue weighted by molar-refractivity contribution is 9.10. The van der Waals surface area contributed by atoms with Gasteiger partial charge in [-0.15, -0.1) is 0 Å². The zero-order valence-electron chi connectivity index (χ0n) is 11.3. The van der Waals surface area contributed by atoms with Crippen molar-refractivity contribution in [3.8, 4) is 11.5 Å². The van der Waals surface area contributed by atoms with Crippen molar-refractivity contribution < 1.29 is 9.26 Å². The number of fused-ring (bicyclic) bond motifs is 1. The van der Waals surface area contributed by atoms with Gasteiger partial charge in [-0.05, 0) is 28.1 Å². The Bertz CT molecular complexity index is 775. The Labute approximate surface area is 129 Å². The van der Waals surface area contributed by atoms with Crippen LogP contribution in [-0.2, 0) is 4.74 Å². The molecule has 0 aliphatic rings. The SMILES string of the molecule is COCC(N)c1nc(-c2nc3ccccc3cc2Br)no1. The van der Waals surface area contributed by atoms with Crippen LogP contribution in [0, 0.1) is 0 Å². The van der Waals surface area contributed by atoms with Gasteiger partial charge in [0.1, 0.15) is 11.7 Å². The molecule has 3 rings (SSSR count). The molecule has 1 atom stereocenters. The maximum Gasteiger partial charge on any atom is 0.246 e. The Kier molecular flexibility index (Phi) is 3.96. The van der Waals surface area contributed by atoms with Gasteiger partial charge >= 0.3 is 0 Å². The van der Waals surface area contributed by atoms with E-state index in [-0.39, 0.29) is 0 Å². The summed E-state index contributed by atoms with van der Waals surface area (Å²) in [7, 11) is 1.57. The predicted octanol–water partition coefficient (Wildman–Crippen LogP) is 2.69. The molecule has 0 saturated heterocycles. The van der Waals surface area contributed by atoms with Crippen LogP contribution in [-0.4, -0.2) is 28.8 Å². The summed E-state index contributed by atoms with van der Waals surface area (Å²) in [5, 5.41) is 4.98. The molecular formula is C14H13BrN4O2. The van der Waals surface area contributed by atoms with Gasteiger partial charge in [0.25, 0.3) is 0 Å². The van der Waals surface area contributed by atoms with E-state index < -0.39 is 6.04 Å². The monoisotopic (exact) mass is 348 g/mol. The molecule has 0 saturated carbocycles. The third-order valence-electron chi connectivity index (χ3n) is 2.99. The zero-order chi connectivity index (χ0) is 14.8. The Hall–Kier alpha value is -1.83. The van der Waals surface area contributed by atoms with Gasteiger partial charge in [-0.2, -0.15) is 4.98 Å². The molecule has 3 aromatic rings. The van der Waals surface area contributed by atoms with E-state index in [1.54, 1.807) is 7.11 Å². The molecule has 2 aromatic heterocycles. The molecule has 0 bridgehead atoms. The van der Waals surface area contributed by atoms with E-state index >= 15 is 0 Å². The molecule has 7 heteroatoms. The average molecular weight is 349 g/mol. The molecule has 0 amide bonds. The van der Waals surface area contributed by atoms with Crippen LogP contribution in [0.2, 0.25) is 0 Å². The molecule has 2 N–H and O–H groups in total. The summed E-state index contributed by atoms with van der Waals surface area (Å²) in [6, 6.07) is 9.35. The molecule has 1 unspecified atom stereocenters. The smallest absolute Gasteiger partial charge is 0.246 e. The second-order valence-corrected chi connectivity index (χ2v) is 5.38. The summed E-state index contributed by atoms with van der Waals surface area (Å²) < 4.78 is 11.0. The molecule has 2 heterocycles. The van der Waals surface area contributed by atoms with Crippen LogP contribution in [0.4, 0.5) is 0 Å². The summed E-state index contributed by atoms with van der Waals surface area (Å²) in [6.45, 7) is 0.313. The number of ether oxygens (including phenoxy) is 1. The van der Waals surface area contributed by atoms with Crippen molar-refractivity contribution >= 4 is 26.8 Å². The third-order valence-corrected chi connectivity index (χ3v) is 3.60. The lowest BCUT2D eigenvalue weighted by Gasteiger charge is -2.03. The van der Waals surface area contributed by atoms with E-state index in [0.717, 1.165) is 15.4 Å². The first-order valence-electron chi connectivity index (χ1n) is 6.33. The fraction of sp³-hybridized carbons (Fsp3) is 0.214. The number of para-hydroxylation sites is 1. The Morgan fingerprint density at radius 2 is 2.14 bits per heavy atom. The van der Waals surface area contributed by atoms with E-state index in [1.807, 2.05) is 30.3 Å². The van der Waals surface area contributed by atoms with Crippen molar-refractivity contribution in [3.63, 3.8) is 0 Å². The minimum atomic E-state index is -0.449. The summed E-state index contributed by atoms with van der Waals surface area (Å²) in [5.74, 6) is 0.725. The van der Waals surface area contributed by atoms with Gasteiger partial charge in [0, 0.05) is 17.0 Å². The maximum atomic E-state index is 5.87. The van der Waals surface area contributed by atoms with Gasteiger partial charge in [0.05, 0.1) is 12.1 Å². The van der Waals surface area contributed by atoms with Crippen LogP contribution in [0.3, 0.4) is 0 Å². The van der Waals surface area contributed by atoms with Crippen LogP contribution in [0.1, 0.15) is 11.9 Å². The average Bonchev–Trinajstić information content (AvgIpc) is 2.96. The topological polar surface area (TPSA) is 87.1 Å². The molecule has 0 radical (unpaired) electrons. The minimum absolute atomic E-state index is 0.313. The second kappa shape index (κ2) is 5.88. The van der Waals surface area contributed by atoms with Crippen molar-refractivity contribution in [1.29, 1.82) is 0 Å². The van der Waals surface area contributed by atoms with Crippen molar-refractivity contribution in [2.75, 3.05) is 13.7 Å². The quantitative estimate of drug-likeness (QED) is 0.779. The van der Waals surface area contributed by atoms with Crippen molar-refractivity contribution in [2.45, 2.75) is 6.04 Å². The molecule has 21 heavy (non-hydrogen) atoms. The zero-order valence-corrected chi connectivity index (χ0v) is 12.9. The molecule has 6 nitrogen and oxygen atoms in total. The summed E-state index contributed by atoms with van der Waals surface area (Å²) >= 11 is 3.49. The van der Waals surface area contributed by atoms with E-state index in [2.05, 4.69) is 31.1 Å². The van der Waals surface area contributed by atoms with Gasteiger partial charge in [-0.1, -0.05) is 23.4 Å². The number of rotatable bonds is 4. The van der Waals surface area contributed by atoms with Gasteiger partial charge in [-0.25, -0.2) is 4.98 Å². The van der Waals surface area contributed by atoms with E-state index in [1.165, 1.54) is 0 Å². The summed E-state index contributed by atoms with van der Waals surface area (Å²) in [5.41, 5.74) is 7.36. The Morgan fingerprint density at radius 1 is 1.33 bits per heavy atom. The van der Waals surface area contributed by atoms with Gasteiger partial charge in [-0.3, -0.25) is 0 Å². The lowest BCUT2D eigenvalue weighted by atomic mass is 10.2. The van der Waals surface area contributed by atoms with E-state index in [9.17, 15) is 0 Å². The number of pyridine rings is 1. The van der Waals surface area contributed by atoms with Crippen molar-refractivity contribution in [2.24, 2.45) is 5.73 Å². The number of aromatic nitrogens is 3. The van der Waals surface area contributed by atoms with Crippen LogP contribution < -0.4 is 5.73 Å². The van der Waals surface area contributed by atoms with Crippen LogP contribution in [0.15, 0.2) is 39.3 Å². The summed E-state index contributed by atoms with van der Waals surface area (Å²) in [4.78, 5) is 8.85. The van der Waals surface area contributed by atoms with Gasteiger partial charge < -0.3 is 15.0 Å². The predicted molar refractivity (Wildman–Crippen MR) is 81.5 cm³/mol. The van der Waals surface area contributed by atoms with Crippen molar-refractivity contribution in [1.82, 2.24) is 15.1 Å². The lowest BCUT2D eigenvalue weighted by molar-refractivity contribution is 0.166. The number of nitrogens with zero attached hydrogens (tertiary/aromatic N) is 3. The standard InChI is InChI=1S/C14H13BrN4O2/c1-20-7-10(16)14-18-13(19-21-14)12-9(15)6-8-4-2-3-5-11(8)17-12/h2-6,10H,7,16H2,1H3. The fourth-order valence-corrected chi connectivity index (χ4v) is 2.49. The minimum Gasteiger partial charge on any atom is -0.383 e. The highest BCUT2D eigenvalue weighted by Gasteiger charge is 2.18. The van der Waals surface area contributed by atoms with Crippen LogP contribution in [0.25, 0.3) is 22.4 Å². The molecule has 108 valence electrons. The number of halogens is 1. The maximum absolute atomic E-state index is 5.87. The fourth-order valence-electron chi connectivity index (χ4n) is 1.98. The molecule has 1 aromatic carbocycles. The van der Waals surface area contributed by atoms with Crippen molar-refractivity contribution in [3.05, 3.63) is 40.7 Å². The van der Waals surface area contributed by atoms with E-state index in [0.29, 0.717) is 24.0 Å². The first-order chi connectivity index (χ1) is 10.2. The number of hydrogen-bond donors (Lipinski definition) is 1. The third kappa shape index (κ3) is 2.80. The van der Waals surface area contributed by atoms with Gasteiger partial charge in [0.2, 0.25) is 11.7 Å². The van der Waals surface area contributed by atoms with E-state index in [4.69, 9.17) is 15.0 Å². The number of hydrogen-bond acceptors (Lipinski definition) is 6. The number of benzene rings is 1. The molecule has 0 fully saturated rings. The normalized spacial score (nSPS) is 12.7. The van der Waals surface area contributed by atoms with Crippen LogP contribution >= 0.6 is 15.9 Å². The number of methoxy groups -OCH3 is 1. The molecule has 0 aliphatic heterocycles. The molecule has 0 aliphatic carbocycles. The highest BCUT2D eigenvalue weighted by atomic mass is 79.9.